The van der Waals surface area contributed by atoms with Crippen molar-refractivity contribution in [3.05, 3.63) is 54.1 Å². The predicted molar refractivity (Wildman–Crippen MR) is 71.7 cm³/mol. The first-order valence-corrected chi connectivity index (χ1v) is 7.48. The highest BCUT2D eigenvalue weighted by molar-refractivity contribution is 7.90. The average Bonchev–Trinajstić information content (AvgIpc) is 2.39. The fraction of sp³-hybridized carbons (Fsp3) is 0.0769. The van der Waals surface area contributed by atoms with E-state index in [1.807, 2.05) is 0 Å². The number of hydrogen-bond donors (Lipinski definition) is 1. The first kappa shape index (κ1) is 14.1. The second-order valence-electron chi connectivity index (χ2n) is 4.12. The molecule has 1 amide bonds. The quantitative estimate of drug-likeness (QED) is 0.877. The van der Waals surface area contributed by atoms with Crippen LogP contribution < -0.4 is 5.32 Å². The molecule has 104 valence electrons. The van der Waals surface area contributed by atoms with Crippen molar-refractivity contribution in [2.75, 3.05) is 11.6 Å². The summed E-state index contributed by atoms with van der Waals surface area (Å²) in [6.07, 6.45) is 2.22. The van der Waals surface area contributed by atoms with Gasteiger partial charge in [0.05, 0.1) is 10.5 Å². The number of rotatable bonds is 3. The van der Waals surface area contributed by atoms with E-state index in [2.05, 4.69) is 10.3 Å². The lowest BCUT2D eigenvalue weighted by molar-refractivity contribution is 0.102. The molecule has 0 bridgehead atoms. The molecule has 0 fully saturated rings. The van der Waals surface area contributed by atoms with Crippen LogP contribution in [-0.2, 0) is 9.84 Å². The van der Waals surface area contributed by atoms with Crippen LogP contribution in [0.1, 0.15) is 10.4 Å². The summed E-state index contributed by atoms with van der Waals surface area (Å²) in [7, 11) is -3.27. The first-order chi connectivity index (χ1) is 9.36. The summed E-state index contributed by atoms with van der Waals surface area (Å²) in [6.45, 7) is 0. The molecule has 7 heteroatoms. The van der Waals surface area contributed by atoms with Crippen LogP contribution in [0.3, 0.4) is 0 Å². The monoisotopic (exact) mass is 294 g/mol. The van der Waals surface area contributed by atoms with Gasteiger partial charge in [0.15, 0.2) is 9.84 Å². The number of pyridine rings is 1. The minimum atomic E-state index is -3.27. The number of halogens is 1. The summed E-state index contributed by atoms with van der Waals surface area (Å²) in [5.41, 5.74) is 0.644. The van der Waals surface area contributed by atoms with E-state index in [-0.39, 0.29) is 10.5 Å². The van der Waals surface area contributed by atoms with E-state index in [4.69, 9.17) is 0 Å². The SMILES string of the molecule is CS(=O)(=O)c1ccc(NC(=O)c2ccc(F)nc2)cc1. The number of hydrogen-bond acceptors (Lipinski definition) is 4. The number of benzene rings is 1. The summed E-state index contributed by atoms with van der Waals surface area (Å²) < 4.78 is 35.2. The van der Waals surface area contributed by atoms with Crippen LogP contribution in [0.25, 0.3) is 0 Å². The van der Waals surface area contributed by atoms with Gasteiger partial charge in [0.2, 0.25) is 5.95 Å². The largest absolute Gasteiger partial charge is 0.322 e. The molecule has 0 unspecified atom stereocenters. The number of amides is 1. The van der Waals surface area contributed by atoms with E-state index >= 15 is 0 Å². The maximum atomic E-state index is 12.6. The number of carbonyl (C=O) groups excluding carboxylic acids is 1. The Labute approximate surface area is 115 Å². The Kier molecular flexibility index (Phi) is 3.80. The Balaban J connectivity index is 2.14. The Bertz CT molecular complexity index is 725. The third kappa shape index (κ3) is 3.39. The topological polar surface area (TPSA) is 76.1 Å². The Hall–Kier alpha value is -2.28. The van der Waals surface area contributed by atoms with Crippen molar-refractivity contribution < 1.29 is 17.6 Å². The maximum Gasteiger partial charge on any atom is 0.257 e. The van der Waals surface area contributed by atoms with Crippen LogP contribution in [0, 0.1) is 5.95 Å². The van der Waals surface area contributed by atoms with Gasteiger partial charge in [-0.15, -0.1) is 0 Å². The lowest BCUT2D eigenvalue weighted by Gasteiger charge is -2.05. The van der Waals surface area contributed by atoms with Crippen molar-refractivity contribution in [3.63, 3.8) is 0 Å². The Morgan fingerprint density at radius 2 is 1.80 bits per heavy atom. The van der Waals surface area contributed by atoms with Crippen molar-refractivity contribution in [2.45, 2.75) is 4.90 Å². The number of aromatic nitrogens is 1. The zero-order chi connectivity index (χ0) is 14.8. The molecule has 1 aromatic carbocycles. The number of carbonyl (C=O) groups is 1. The molecule has 0 radical (unpaired) electrons. The summed E-state index contributed by atoms with van der Waals surface area (Å²) in [6, 6.07) is 8.14. The fourth-order valence-electron chi connectivity index (χ4n) is 1.50. The van der Waals surface area contributed by atoms with Crippen LogP contribution in [0.2, 0.25) is 0 Å². The van der Waals surface area contributed by atoms with E-state index < -0.39 is 21.7 Å². The standard InChI is InChI=1S/C13H11FN2O3S/c1-20(18,19)11-5-3-10(4-6-11)16-13(17)9-2-7-12(14)15-8-9/h2-8H,1H3,(H,16,17). The fourth-order valence-corrected chi connectivity index (χ4v) is 2.13. The number of anilines is 1. The molecule has 0 aliphatic heterocycles. The zero-order valence-corrected chi connectivity index (χ0v) is 11.3. The van der Waals surface area contributed by atoms with Gasteiger partial charge in [-0.1, -0.05) is 0 Å². The third-order valence-electron chi connectivity index (χ3n) is 2.53. The van der Waals surface area contributed by atoms with Gasteiger partial charge in [-0.25, -0.2) is 13.4 Å². The second-order valence-corrected chi connectivity index (χ2v) is 6.14. The molecule has 0 saturated carbocycles. The van der Waals surface area contributed by atoms with Crippen LogP contribution in [0.4, 0.5) is 10.1 Å². The molecule has 0 aliphatic carbocycles. The Morgan fingerprint density at radius 1 is 1.15 bits per heavy atom. The molecule has 0 spiro atoms. The van der Waals surface area contributed by atoms with Gasteiger partial charge < -0.3 is 5.32 Å². The van der Waals surface area contributed by atoms with Crippen molar-refractivity contribution in [1.29, 1.82) is 0 Å². The van der Waals surface area contributed by atoms with Crippen molar-refractivity contribution >= 4 is 21.4 Å². The summed E-state index contributed by atoms with van der Waals surface area (Å²) in [5, 5.41) is 2.56. The summed E-state index contributed by atoms with van der Waals surface area (Å²) >= 11 is 0. The van der Waals surface area contributed by atoms with Gasteiger partial charge in [-0.3, -0.25) is 4.79 Å². The molecular formula is C13H11FN2O3S. The van der Waals surface area contributed by atoms with Crippen LogP contribution in [-0.4, -0.2) is 25.6 Å². The van der Waals surface area contributed by atoms with Gasteiger partial charge in [0.1, 0.15) is 0 Å². The molecule has 2 aromatic rings. The highest BCUT2D eigenvalue weighted by Gasteiger charge is 2.09. The van der Waals surface area contributed by atoms with E-state index in [0.717, 1.165) is 18.5 Å². The minimum Gasteiger partial charge on any atom is -0.322 e. The average molecular weight is 294 g/mol. The summed E-state index contributed by atoms with van der Waals surface area (Å²) in [5.74, 6) is -1.12. The zero-order valence-electron chi connectivity index (χ0n) is 10.5. The smallest absolute Gasteiger partial charge is 0.257 e. The highest BCUT2D eigenvalue weighted by Crippen LogP contribution is 2.14. The number of sulfone groups is 1. The van der Waals surface area contributed by atoms with Crippen molar-refractivity contribution in [3.8, 4) is 0 Å². The lowest BCUT2D eigenvalue weighted by Crippen LogP contribution is -2.12. The summed E-state index contributed by atoms with van der Waals surface area (Å²) in [4.78, 5) is 15.4. The van der Waals surface area contributed by atoms with E-state index in [1.54, 1.807) is 0 Å². The van der Waals surface area contributed by atoms with Crippen molar-refractivity contribution in [1.82, 2.24) is 4.98 Å². The number of nitrogens with one attached hydrogen (secondary N) is 1. The third-order valence-corrected chi connectivity index (χ3v) is 3.66. The van der Waals surface area contributed by atoms with Gasteiger partial charge in [0, 0.05) is 18.1 Å². The van der Waals surface area contributed by atoms with Gasteiger partial charge in [0.25, 0.3) is 5.91 Å². The molecule has 0 saturated heterocycles. The minimum absolute atomic E-state index is 0.166. The van der Waals surface area contributed by atoms with E-state index in [0.29, 0.717) is 5.69 Å². The molecule has 20 heavy (non-hydrogen) atoms. The normalized spacial score (nSPS) is 11.1. The van der Waals surface area contributed by atoms with Gasteiger partial charge >= 0.3 is 0 Å². The van der Waals surface area contributed by atoms with Crippen LogP contribution >= 0.6 is 0 Å². The predicted octanol–water partition coefficient (Wildman–Crippen LogP) is 1.88. The van der Waals surface area contributed by atoms with E-state index in [1.165, 1.54) is 30.3 Å². The number of nitrogens with zero attached hydrogens (tertiary/aromatic N) is 1. The highest BCUT2D eigenvalue weighted by atomic mass is 32.2. The second kappa shape index (κ2) is 5.38. The molecule has 0 aliphatic rings. The molecule has 1 N–H and O–H groups in total. The van der Waals surface area contributed by atoms with E-state index in [9.17, 15) is 17.6 Å². The molecule has 1 aromatic heterocycles. The van der Waals surface area contributed by atoms with Gasteiger partial charge in [-0.2, -0.15) is 4.39 Å². The molecule has 2 rings (SSSR count). The first-order valence-electron chi connectivity index (χ1n) is 5.59. The van der Waals surface area contributed by atoms with Crippen LogP contribution in [0.15, 0.2) is 47.5 Å². The van der Waals surface area contributed by atoms with Crippen molar-refractivity contribution in [2.24, 2.45) is 0 Å². The molecular weight excluding hydrogens is 283 g/mol. The maximum absolute atomic E-state index is 12.6. The Morgan fingerprint density at radius 3 is 2.30 bits per heavy atom. The molecule has 1 heterocycles. The molecule has 0 atom stereocenters. The van der Waals surface area contributed by atoms with Gasteiger partial charge in [-0.05, 0) is 36.4 Å². The molecule has 5 nitrogen and oxygen atoms in total. The lowest BCUT2D eigenvalue weighted by atomic mass is 10.2. The van der Waals surface area contributed by atoms with Crippen LogP contribution in [0.5, 0.6) is 0 Å².